The molecule has 1 aliphatic carbocycles. The smallest absolute Gasteiger partial charge is 0.326 e. The summed E-state index contributed by atoms with van der Waals surface area (Å²) in [6.07, 6.45) is 3.49. The lowest BCUT2D eigenvalue weighted by Gasteiger charge is -2.25. The highest BCUT2D eigenvalue weighted by Crippen LogP contribution is 2.45. The molecule has 0 bridgehead atoms. The van der Waals surface area contributed by atoms with E-state index >= 15 is 0 Å². The van der Waals surface area contributed by atoms with Crippen LogP contribution in [0.5, 0.6) is 0 Å². The van der Waals surface area contributed by atoms with Crippen LogP contribution in [0.15, 0.2) is 0 Å². The van der Waals surface area contributed by atoms with Crippen LogP contribution in [-0.4, -0.2) is 12.6 Å². The van der Waals surface area contributed by atoms with Gasteiger partial charge in [-0.2, -0.15) is 5.26 Å². The maximum absolute atomic E-state index is 11.7. The number of hydrogen-bond donors (Lipinski definition) is 0. The number of nitriles is 1. The van der Waals surface area contributed by atoms with Gasteiger partial charge in [0.15, 0.2) is 5.41 Å². The van der Waals surface area contributed by atoms with E-state index in [4.69, 9.17) is 10.00 Å². The molecule has 14 heavy (non-hydrogen) atoms. The molecule has 1 saturated carbocycles. The number of esters is 1. The van der Waals surface area contributed by atoms with Gasteiger partial charge in [0, 0.05) is 0 Å². The number of hydrogen-bond acceptors (Lipinski definition) is 3. The molecule has 0 radical (unpaired) electrons. The minimum Gasteiger partial charge on any atom is -0.465 e. The fourth-order valence-electron chi connectivity index (χ4n) is 2.35. The van der Waals surface area contributed by atoms with E-state index in [1.165, 1.54) is 0 Å². The Bertz CT molecular complexity index is 257. The van der Waals surface area contributed by atoms with Gasteiger partial charge >= 0.3 is 5.97 Å². The molecule has 78 valence electrons. The molecule has 0 N–H and O–H groups in total. The molecule has 2 unspecified atom stereocenters. The summed E-state index contributed by atoms with van der Waals surface area (Å²) in [7, 11) is 0. The summed E-state index contributed by atoms with van der Waals surface area (Å²) in [4.78, 5) is 11.7. The first-order chi connectivity index (χ1) is 6.71. The molecular formula is C11H17NO2. The van der Waals surface area contributed by atoms with E-state index in [-0.39, 0.29) is 11.9 Å². The molecule has 0 saturated heterocycles. The third-order valence-electron chi connectivity index (χ3n) is 3.15. The van der Waals surface area contributed by atoms with Crippen LogP contribution in [0.25, 0.3) is 0 Å². The van der Waals surface area contributed by atoms with Gasteiger partial charge in [0.25, 0.3) is 0 Å². The van der Waals surface area contributed by atoms with Crippen LogP contribution >= 0.6 is 0 Å². The van der Waals surface area contributed by atoms with Gasteiger partial charge in [-0.05, 0) is 25.7 Å². The predicted molar refractivity (Wildman–Crippen MR) is 52.3 cm³/mol. The van der Waals surface area contributed by atoms with Crippen molar-refractivity contribution in [1.82, 2.24) is 0 Å². The number of carbonyl (C=O) groups is 1. The highest BCUT2D eigenvalue weighted by molar-refractivity contribution is 5.80. The Kier molecular flexibility index (Phi) is 3.51. The molecule has 0 aromatic carbocycles. The van der Waals surface area contributed by atoms with Gasteiger partial charge in [0.2, 0.25) is 0 Å². The average Bonchev–Trinajstić information content (AvgIpc) is 2.61. The molecule has 3 heteroatoms. The standard InChI is InChI=1S/C11H17NO2/c1-3-9-6-5-7-11(9,8-12)10(13)14-4-2/h9H,3-7H2,1-2H3. The highest BCUT2D eigenvalue weighted by atomic mass is 16.5. The molecule has 0 heterocycles. The maximum Gasteiger partial charge on any atom is 0.326 e. The molecule has 2 atom stereocenters. The molecule has 3 nitrogen and oxygen atoms in total. The summed E-state index contributed by atoms with van der Waals surface area (Å²) < 4.78 is 4.99. The molecule has 0 aliphatic heterocycles. The van der Waals surface area contributed by atoms with Crippen molar-refractivity contribution in [3.8, 4) is 6.07 Å². The topological polar surface area (TPSA) is 50.1 Å². The molecule has 1 rings (SSSR count). The fraction of sp³-hybridized carbons (Fsp3) is 0.818. The quantitative estimate of drug-likeness (QED) is 0.649. The largest absolute Gasteiger partial charge is 0.465 e. The van der Waals surface area contributed by atoms with Crippen LogP contribution in [0.2, 0.25) is 0 Å². The van der Waals surface area contributed by atoms with Gasteiger partial charge in [0.1, 0.15) is 0 Å². The van der Waals surface area contributed by atoms with Crippen LogP contribution in [0, 0.1) is 22.7 Å². The molecular weight excluding hydrogens is 178 g/mol. The van der Waals surface area contributed by atoms with Crippen molar-refractivity contribution >= 4 is 5.97 Å². The Morgan fingerprint density at radius 3 is 2.86 bits per heavy atom. The second-order valence-electron chi connectivity index (χ2n) is 3.80. The first kappa shape index (κ1) is 11.0. The normalized spacial score (nSPS) is 31.1. The highest BCUT2D eigenvalue weighted by Gasteiger charge is 2.49. The Balaban J connectivity index is 2.85. The SMILES string of the molecule is CCOC(=O)C1(C#N)CCCC1CC. The van der Waals surface area contributed by atoms with E-state index in [0.717, 1.165) is 19.3 Å². The zero-order valence-electron chi connectivity index (χ0n) is 8.88. The zero-order valence-corrected chi connectivity index (χ0v) is 8.88. The summed E-state index contributed by atoms with van der Waals surface area (Å²) >= 11 is 0. The van der Waals surface area contributed by atoms with Gasteiger partial charge in [-0.15, -0.1) is 0 Å². The molecule has 0 aromatic rings. The van der Waals surface area contributed by atoms with Crippen molar-refractivity contribution in [3.63, 3.8) is 0 Å². The van der Waals surface area contributed by atoms with E-state index < -0.39 is 5.41 Å². The third kappa shape index (κ3) is 1.61. The van der Waals surface area contributed by atoms with E-state index in [1.54, 1.807) is 6.92 Å². The number of rotatable bonds is 3. The van der Waals surface area contributed by atoms with Gasteiger partial charge in [-0.3, -0.25) is 4.79 Å². The summed E-state index contributed by atoms with van der Waals surface area (Å²) in [6, 6.07) is 2.19. The molecule has 1 aliphatic rings. The second kappa shape index (κ2) is 4.45. The minimum atomic E-state index is -0.842. The number of carbonyl (C=O) groups excluding carboxylic acids is 1. The van der Waals surface area contributed by atoms with Gasteiger partial charge in [-0.1, -0.05) is 19.8 Å². The van der Waals surface area contributed by atoms with Crippen molar-refractivity contribution in [2.24, 2.45) is 11.3 Å². The van der Waals surface area contributed by atoms with Gasteiger partial charge in [-0.25, -0.2) is 0 Å². The summed E-state index contributed by atoms with van der Waals surface area (Å²) in [5, 5.41) is 9.16. The third-order valence-corrected chi connectivity index (χ3v) is 3.15. The summed E-state index contributed by atoms with van der Waals surface area (Å²) in [5.74, 6) is -0.126. The minimum absolute atomic E-state index is 0.187. The fourth-order valence-corrected chi connectivity index (χ4v) is 2.35. The maximum atomic E-state index is 11.7. The van der Waals surface area contributed by atoms with E-state index in [9.17, 15) is 4.79 Å². The average molecular weight is 195 g/mol. The van der Waals surface area contributed by atoms with Crippen molar-refractivity contribution < 1.29 is 9.53 Å². The summed E-state index contributed by atoms with van der Waals surface area (Å²) in [5.41, 5.74) is -0.842. The number of ether oxygens (including phenoxy) is 1. The van der Waals surface area contributed by atoms with Crippen molar-refractivity contribution in [2.45, 2.75) is 39.5 Å². The summed E-state index contributed by atoms with van der Waals surface area (Å²) in [6.45, 7) is 4.17. The predicted octanol–water partition coefficient (Wildman–Crippen LogP) is 2.27. The van der Waals surface area contributed by atoms with E-state index in [2.05, 4.69) is 6.07 Å². The molecule has 0 spiro atoms. The Morgan fingerprint density at radius 2 is 2.36 bits per heavy atom. The van der Waals surface area contributed by atoms with Crippen LogP contribution in [0.3, 0.4) is 0 Å². The van der Waals surface area contributed by atoms with Crippen LogP contribution < -0.4 is 0 Å². The Morgan fingerprint density at radius 1 is 1.64 bits per heavy atom. The van der Waals surface area contributed by atoms with Gasteiger partial charge < -0.3 is 4.74 Å². The van der Waals surface area contributed by atoms with Crippen molar-refractivity contribution in [3.05, 3.63) is 0 Å². The van der Waals surface area contributed by atoms with E-state index in [0.29, 0.717) is 13.0 Å². The lowest BCUT2D eigenvalue weighted by Crippen LogP contribution is -2.34. The van der Waals surface area contributed by atoms with E-state index in [1.807, 2.05) is 6.92 Å². The lowest BCUT2D eigenvalue weighted by atomic mass is 9.78. The molecule has 0 aromatic heterocycles. The van der Waals surface area contributed by atoms with Crippen molar-refractivity contribution in [1.29, 1.82) is 5.26 Å². The first-order valence-corrected chi connectivity index (χ1v) is 5.29. The van der Waals surface area contributed by atoms with Gasteiger partial charge in [0.05, 0.1) is 12.7 Å². The first-order valence-electron chi connectivity index (χ1n) is 5.29. The van der Waals surface area contributed by atoms with Crippen LogP contribution in [-0.2, 0) is 9.53 Å². The number of nitrogens with zero attached hydrogens (tertiary/aromatic N) is 1. The second-order valence-corrected chi connectivity index (χ2v) is 3.80. The molecule has 0 amide bonds. The Labute approximate surface area is 85.1 Å². The van der Waals surface area contributed by atoms with Crippen LogP contribution in [0.4, 0.5) is 0 Å². The zero-order chi connectivity index (χ0) is 10.6. The lowest BCUT2D eigenvalue weighted by molar-refractivity contribution is -0.153. The van der Waals surface area contributed by atoms with Crippen molar-refractivity contribution in [2.75, 3.05) is 6.61 Å². The molecule has 1 fully saturated rings. The monoisotopic (exact) mass is 195 g/mol. The van der Waals surface area contributed by atoms with Crippen LogP contribution in [0.1, 0.15) is 39.5 Å². The Hall–Kier alpha value is -1.04.